The van der Waals surface area contributed by atoms with E-state index in [1.54, 1.807) is 0 Å². The van der Waals surface area contributed by atoms with E-state index < -0.39 is 5.54 Å². The summed E-state index contributed by atoms with van der Waals surface area (Å²) in [6.07, 6.45) is 0.642. The highest BCUT2D eigenvalue weighted by Crippen LogP contribution is 2.47. The summed E-state index contributed by atoms with van der Waals surface area (Å²) in [6.45, 7) is 17.9. The number of hydrogen-bond acceptors (Lipinski definition) is 2. The van der Waals surface area contributed by atoms with Crippen molar-refractivity contribution in [2.45, 2.75) is 46.6 Å². The quantitative estimate of drug-likeness (QED) is 0.259. The van der Waals surface area contributed by atoms with Gasteiger partial charge in [-0.25, -0.2) is 11.6 Å². The molecule has 1 aromatic heterocycles. The van der Waals surface area contributed by atoms with E-state index in [4.69, 9.17) is 16.3 Å². The lowest BCUT2D eigenvalue weighted by atomic mass is 9.90. The Morgan fingerprint density at radius 3 is 2.65 bits per heavy atom. The predicted octanol–water partition coefficient (Wildman–Crippen LogP) is 6.15. The Hall–Kier alpha value is -3.45. The number of ether oxygens (including phenoxy) is 1. The van der Waals surface area contributed by atoms with Crippen LogP contribution in [0.1, 0.15) is 36.1 Å². The Morgan fingerprint density at radius 2 is 1.90 bits per heavy atom. The smallest absolute Gasteiger partial charge is 0.294 e. The molecule has 0 atom stereocenters. The Balaban J connectivity index is 1.87. The van der Waals surface area contributed by atoms with Crippen molar-refractivity contribution in [2.24, 2.45) is 7.05 Å². The number of fused-ring (bicyclic) bond motifs is 3. The van der Waals surface area contributed by atoms with E-state index in [1.165, 1.54) is 27.6 Å². The molecule has 4 nitrogen and oxygen atoms in total. The number of benzene rings is 3. The first kappa shape index (κ1) is 19.5. The summed E-state index contributed by atoms with van der Waals surface area (Å²) < 4.78 is 8.64. The average molecular weight is 409 g/mol. The zero-order valence-electron chi connectivity index (χ0n) is 18.9. The van der Waals surface area contributed by atoms with Crippen molar-refractivity contribution in [3.8, 4) is 22.9 Å². The summed E-state index contributed by atoms with van der Waals surface area (Å²) in [4.78, 5) is 8.84. The van der Waals surface area contributed by atoms with Crippen molar-refractivity contribution in [1.29, 1.82) is 0 Å². The molecule has 154 valence electrons. The predicted molar refractivity (Wildman–Crippen MR) is 125 cm³/mol. The Bertz CT molecular complexity index is 1460. The minimum atomic E-state index is -0.478. The minimum Gasteiger partial charge on any atom is -0.433 e. The maximum atomic E-state index is 7.54. The highest BCUT2D eigenvalue weighted by atomic mass is 16.5. The van der Waals surface area contributed by atoms with Gasteiger partial charge in [-0.1, -0.05) is 24.3 Å². The third-order valence-corrected chi connectivity index (χ3v) is 6.45. The van der Waals surface area contributed by atoms with Crippen LogP contribution in [0, 0.1) is 27.3 Å². The second-order valence-corrected chi connectivity index (χ2v) is 9.37. The molecule has 4 heteroatoms. The molecule has 5 rings (SSSR count). The van der Waals surface area contributed by atoms with Gasteiger partial charge in [0.15, 0.2) is 0 Å². The van der Waals surface area contributed by atoms with Crippen molar-refractivity contribution in [3.63, 3.8) is 0 Å². The van der Waals surface area contributed by atoms with Crippen LogP contribution in [0.25, 0.3) is 37.9 Å². The fourth-order valence-corrected chi connectivity index (χ4v) is 4.76. The van der Waals surface area contributed by atoms with Gasteiger partial charge < -0.3 is 9.58 Å². The minimum absolute atomic E-state index is 0.478. The Morgan fingerprint density at radius 1 is 1.13 bits per heavy atom. The van der Waals surface area contributed by atoms with Crippen LogP contribution in [0.4, 0.5) is 0 Å². The van der Waals surface area contributed by atoms with Crippen LogP contribution < -0.4 is 9.30 Å². The Kier molecular flexibility index (Phi) is 4.10. The molecular weight excluding hydrogens is 382 g/mol. The first-order chi connectivity index (χ1) is 14.7. The van der Waals surface area contributed by atoms with Crippen molar-refractivity contribution in [3.05, 3.63) is 70.1 Å². The van der Waals surface area contributed by atoms with E-state index >= 15 is 0 Å². The summed E-state index contributed by atoms with van der Waals surface area (Å²) in [6, 6.07) is 12.8. The maximum Gasteiger partial charge on any atom is 0.294 e. The lowest BCUT2D eigenvalue weighted by Crippen LogP contribution is -2.35. The molecule has 0 bridgehead atoms. The maximum absolute atomic E-state index is 7.54. The first-order valence-electron chi connectivity index (χ1n) is 10.6. The molecule has 1 aliphatic heterocycles. The van der Waals surface area contributed by atoms with Crippen LogP contribution in [0.15, 0.2) is 36.4 Å². The van der Waals surface area contributed by atoms with Crippen LogP contribution in [0.5, 0.6) is 11.6 Å². The van der Waals surface area contributed by atoms with Crippen LogP contribution in [0.2, 0.25) is 0 Å². The van der Waals surface area contributed by atoms with E-state index in [0.717, 1.165) is 33.4 Å². The normalized spacial score (nSPS) is 12.5. The standard InChI is InChI=1S/C27H26N3O/c1-15-11-19-13-16(2)17(3)22-23(19)21(12-15)31-26-25(22)30(7)20-10-8-9-18(24(20)29-26)14-27(4,5)28-6/h8-13H,14H2,1-5,7H3/q+1. The summed E-state index contributed by atoms with van der Waals surface area (Å²) in [7, 11) is 2.09. The second-order valence-electron chi connectivity index (χ2n) is 9.37. The number of aryl methyl sites for hydroxylation is 3. The zero-order chi connectivity index (χ0) is 22.1. The zero-order valence-corrected chi connectivity index (χ0v) is 18.9. The van der Waals surface area contributed by atoms with E-state index in [0.29, 0.717) is 12.3 Å². The third-order valence-electron chi connectivity index (χ3n) is 6.45. The van der Waals surface area contributed by atoms with Gasteiger partial charge in [-0.05, 0) is 54.5 Å². The first-order valence-corrected chi connectivity index (χ1v) is 10.6. The van der Waals surface area contributed by atoms with Crippen LogP contribution in [-0.4, -0.2) is 10.5 Å². The summed E-state index contributed by atoms with van der Waals surface area (Å²) >= 11 is 0. The molecular formula is C27H26N3O+. The van der Waals surface area contributed by atoms with Gasteiger partial charge in [0.2, 0.25) is 11.1 Å². The van der Waals surface area contributed by atoms with E-state index in [-0.39, 0.29) is 0 Å². The number of rotatable bonds is 2. The summed E-state index contributed by atoms with van der Waals surface area (Å²) in [5.74, 6) is 1.50. The Labute approximate surface area is 182 Å². The largest absolute Gasteiger partial charge is 0.433 e. The van der Waals surface area contributed by atoms with Gasteiger partial charge in [0.25, 0.3) is 11.6 Å². The molecule has 1 aliphatic rings. The fraction of sp³-hybridized carbons (Fsp3) is 0.296. The van der Waals surface area contributed by atoms with Crippen LogP contribution in [0.3, 0.4) is 0 Å². The average Bonchev–Trinajstić information content (AvgIpc) is 2.71. The molecule has 0 aliphatic carbocycles. The molecule has 3 aromatic carbocycles. The molecule has 0 spiro atoms. The van der Waals surface area contributed by atoms with Crippen LogP contribution in [-0.2, 0) is 13.5 Å². The second kappa shape index (κ2) is 6.52. The molecule has 4 aromatic rings. The third kappa shape index (κ3) is 2.88. The molecule has 0 fully saturated rings. The lowest BCUT2D eigenvalue weighted by molar-refractivity contribution is -0.634. The molecule has 0 amide bonds. The van der Waals surface area contributed by atoms with Gasteiger partial charge in [0.1, 0.15) is 18.3 Å². The number of para-hydroxylation sites is 1. The molecule has 0 saturated carbocycles. The van der Waals surface area contributed by atoms with Gasteiger partial charge in [0, 0.05) is 25.3 Å². The molecule has 2 heterocycles. The molecule has 0 radical (unpaired) electrons. The van der Waals surface area contributed by atoms with E-state index in [2.05, 4.69) is 73.6 Å². The number of nitrogens with zero attached hydrogens (tertiary/aromatic N) is 3. The summed E-state index contributed by atoms with van der Waals surface area (Å²) in [5.41, 5.74) is 8.44. The highest BCUT2D eigenvalue weighted by Gasteiger charge is 2.34. The highest BCUT2D eigenvalue weighted by molar-refractivity contribution is 6.05. The van der Waals surface area contributed by atoms with Gasteiger partial charge in [0.05, 0.1) is 12.0 Å². The molecule has 0 N–H and O–H groups in total. The SMILES string of the molecule is [C-]#[N+]C(C)(C)Cc1cccc2c1nc1c([n+]2C)-c2c(C)c(C)cc3cc(C)cc(c23)O1. The molecule has 0 saturated heterocycles. The van der Waals surface area contributed by atoms with Crippen molar-refractivity contribution in [1.82, 2.24) is 4.98 Å². The van der Waals surface area contributed by atoms with Crippen molar-refractivity contribution in [2.75, 3.05) is 0 Å². The lowest BCUT2D eigenvalue weighted by Gasteiger charge is -2.22. The van der Waals surface area contributed by atoms with Crippen LogP contribution >= 0.6 is 0 Å². The number of aromatic nitrogens is 2. The van der Waals surface area contributed by atoms with Gasteiger partial charge in [-0.15, -0.1) is 0 Å². The molecule has 31 heavy (non-hydrogen) atoms. The number of hydrogen-bond donors (Lipinski definition) is 0. The van der Waals surface area contributed by atoms with Gasteiger partial charge in [-0.2, -0.15) is 4.57 Å². The van der Waals surface area contributed by atoms with E-state index in [1.807, 2.05) is 13.8 Å². The van der Waals surface area contributed by atoms with Crippen molar-refractivity contribution < 1.29 is 9.30 Å². The molecule has 0 unspecified atom stereocenters. The monoisotopic (exact) mass is 408 g/mol. The van der Waals surface area contributed by atoms with Gasteiger partial charge in [-0.3, -0.25) is 0 Å². The fourth-order valence-electron chi connectivity index (χ4n) is 4.76. The van der Waals surface area contributed by atoms with Gasteiger partial charge >= 0.3 is 0 Å². The van der Waals surface area contributed by atoms with E-state index in [9.17, 15) is 0 Å². The summed E-state index contributed by atoms with van der Waals surface area (Å²) in [5, 5.41) is 2.36. The topological polar surface area (TPSA) is 30.4 Å². The van der Waals surface area contributed by atoms with Crippen molar-refractivity contribution >= 4 is 21.8 Å².